The first-order chi connectivity index (χ1) is 17.9. The number of carbonyl (C=O) groups is 4. The summed E-state index contributed by atoms with van der Waals surface area (Å²) in [6.07, 6.45) is 0.494. The molecule has 4 atom stereocenters. The number of rotatable bonds is 13. The summed E-state index contributed by atoms with van der Waals surface area (Å²) in [7, 11) is 0. The minimum absolute atomic E-state index is 0.130. The summed E-state index contributed by atoms with van der Waals surface area (Å²) < 4.78 is 5.14. The maximum atomic E-state index is 13.9. The van der Waals surface area contributed by atoms with Gasteiger partial charge in [0.05, 0.1) is 12.6 Å². The summed E-state index contributed by atoms with van der Waals surface area (Å²) in [5.41, 5.74) is 5.67. The SMILES string of the molecule is CCOC(=O)[C@@H](NC(=O)[C@@H](NC(=O)[C@@H](NC(=O)[C@@H](N)C(C)C)C(C)(C)Cc1ccccc1)C(C)(C)C)C(C)C. The minimum Gasteiger partial charge on any atom is -0.464 e. The van der Waals surface area contributed by atoms with Gasteiger partial charge in [0.25, 0.3) is 0 Å². The molecule has 1 rings (SSSR count). The fraction of sp³-hybridized carbons (Fsp3) is 0.667. The molecule has 9 nitrogen and oxygen atoms in total. The second-order valence-corrected chi connectivity index (χ2v) is 12.7. The molecule has 0 radical (unpaired) electrons. The Bertz CT molecular complexity index is 969. The van der Waals surface area contributed by atoms with Crippen molar-refractivity contribution in [2.45, 2.75) is 99.8 Å². The molecule has 3 amide bonds. The van der Waals surface area contributed by atoms with Gasteiger partial charge in [0.2, 0.25) is 17.7 Å². The number of nitrogens with one attached hydrogen (secondary N) is 3. The highest BCUT2D eigenvalue weighted by atomic mass is 16.5. The van der Waals surface area contributed by atoms with Gasteiger partial charge in [0.1, 0.15) is 18.1 Å². The van der Waals surface area contributed by atoms with Gasteiger partial charge in [-0.1, -0.05) is 92.6 Å². The molecule has 0 saturated carbocycles. The van der Waals surface area contributed by atoms with Crippen molar-refractivity contribution in [3.63, 3.8) is 0 Å². The van der Waals surface area contributed by atoms with Crippen LogP contribution in [0.25, 0.3) is 0 Å². The van der Waals surface area contributed by atoms with Crippen LogP contribution >= 0.6 is 0 Å². The van der Waals surface area contributed by atoms with Crippen LogP contribution in [0.3, 0.4) is 0 Å². The van der Waals surface area contributed by atoms with E-state index in [0.29, 0.717) is 6.42 Å². The molecule has 0 unspecified atom stereocenters. The number of esters is 1. The Morgan fingerprint density at radius 3 is 1.77 bits per heavy atom. The molecule has 220 valence electrons. The van der Waals surface area contributed by atoms with Gasteiger partial charge in [0.15, 0.2) is 0 Å². The van der Waals surface area contributed by atoms with E-state index in [1.54, 1.807) is 6.92 Å². The van der Waals surface area contributed by atoms with Gasteiger partial charge < -0.3 is 26.4 Å². The molecule has 0 saturated heterocycles. The normalized spacial score (nSPS) is 15.2. The number of benzene rings is 1. The lowest BCUT2D eigenvalue weighted by Crippen LogP contribution is -2.63. The first kappa shape index (κ1) is 34.1. The monoisotopic (exact) mass is 546 g/mol. The second-order valence-electron chi connectivity index (χ2n) is 12.7. The zero-order valence-corrected chi connectivity index (χ0v) is 25.4. The molecular weight excluding hydrogens is 496 g/mol. The molecule has 0 spiro atoms. The van der Waals surface area contributed by atoms with Crippen molar-refractivity contribution >= 4 is 23.7 Å². The highest BCUT2D eigenvalue weighted by molar-refractivity contribution is 5.95. The van der Waals surface area contributed by atoms with Crippen molar-refractivity contribution in [2.24, 2.45) is 28.4 Å². The molecular formula is C30H50N4O5. The van der Waals surface area contributed by atoms with E-state index >= 15 is 0 Å². The smallest absolute Gasteiger partial charge is 0.328 e. The molecule has 9 heteroatoms. The van der Waals surface area contributed by atoms with Gasteiger partial charge >= 0.3 is 5.97 Å². The van der Waals surface area contributed by atoms with Crippen LogP contribution in [0.4, 0.5) is 0 Å². The quantitative estimate of drug-likeness (QED) is 0.281. The van der Waals surface area contributed by atoms with E-state index in [0.717, 1.165) is 5.56 Å². The summed E-state index contributed by atoms with van der Waals surface area (Å²) in [4.78, 5) is 52.9. The molecule has 5 N–H and O–H groups in total. The zero-order chi connectivity index (χ0) is 30.1. The Morgan fingerprint density at radius 1 is 0.795 bits per heavy atom. The average Bonchev–Trinajstić information content (AvgIpc) is 2.82. The number of hydrogen-bond donors (Lipinski definition) is 4. The largest absolute Gasteiger partial charge is 0.464 e. The Kier molecular flexibility index (Phi) is 12.6. The number of hydrogen-bond acceptors (Lipinski definition) is 6. The molecule has 39 heavy (non-hydrogen) atoms. The van der Waals surface area contributed by atoms with Crippen molar-refractivity contribution in [1.29, 1.82) is 0 Å². The molecule has 1 aromatic carbocycles. The Balaban J connectivity index is 3.35. The van der Waals surface area contributed by atoms with Gasteiger partial charge in [-0.2, -0.15) is 0 Å². The van der Waals surface area contributed by atoms with Crippen LogP contribution in [0.5, 0.6) is 0 Å². The highest BCUT2D eigenvalue weighted by Gasteiger charge is 2.42. The van der Waals surface area contributed by atoms with Gasteiger partial charge in [0, 0.05) is 0 Å². The first-order valence-corrected chi connectivity index (χ1v) is 13.8. The fourth-order valence-corrected chi connectivity index (χ4v) is 4.25. The molecule has 1 aromatic rings. The van der Waals surface area contributed by atoms with E-state index < -0.39 is 58.7 Å². The van der Waals surface area contributed by atoms with E-state index in [1.165, 1.54) is 0 Å². The van der Waals surface area contributed by atoms with Gasteiger partial charge in [-0.3, -0.25) is 14.4 Å². The van der Waals surface area contributed by atoms with Crippen LogP contribution in [0.15, 0.2) is 30.3 Å². The lowest BCUT2D eigenvalue weighted by atomic mass is 9.77. The maximum Gasteiger partial charge on any atom is 0.328 e. The first-order valence-electron chi connectivity index (χ1n) is 13.8. The number of ether oxygens (including phenoxy) is 1. The molecule has 0 fully saturated rings. The lowest BCUT2D eigenvalue weighted by molar-refractivity contribution is -0.149. The third-order valence-corrected chi connectivity index (χ3v) is 6.77. The van der Waals surface area contributed by atoms with Crippen LogP contribution in [0.1, 0.15) is 74.8 Å². The summed E-state index contributed by atoms with van der Waals surface area (Å²) in [6, 6.07) is 6.03. The molecule has 0 aromatic heterocycles. The average molecular weight is 547 g/mol. The van der Waals surface area contributed by atoms with Crippen molar-refractivity contribution in [2.75, 3.05) is 6.61 Å². The van der Waals surface area contributed by atoms with E-state index in [-0.39, 0.29) is 18.4 Å². The predicted molar refractivity (Wildman–Crippen MR) is 153 cm³/mol. The van der Waals surface area contributed by atoms with E-state index in [2.05, 4.69) is 16.0 Å². The highest BCUT2D eigenvalue weighted by Crippen LogP contribution is 2.28. The van der Waals surface area contributed by atoms with Crippen LogP contribution < -0.4 is 21.7 Å². The summed E-state index contributed by atoms with van der Waals surface area (Å²) in [5, 5.41) is 8.51. The van der Waals surface area contributed by atoms with Crippen molar-refractivity contribution < 1.29 is 23.9 Å². The van der Waals surface area contributed by atoms with Crippen LogP contribution in [0, 0.1) is 22.7 Å². The summed E-state index contributed by atoms with van der Waals surface area (Å²) in [5.74, 6) is -2.34. The van der Waals surface area contributed by atoms with Gasteiger partial charge in [-0.25, -0.2) is 4.79 Å². The Morgan fingerprint density at radius 2 is 1.31 bits per heavy atom. The van der Waals surface area contributed by atoms with Crippen molar-refractivity contribution in [3.05, 3.63) is 35.9 Å². The lowest BCUT2D eigenvalue weighted by Gasteiger charge is -2.38. The number of carbonyl (C=O) groups excluding carboxylic acids is 4. The molecule has 0 aliphatic heterocycles. The van der Waals surface area contributed by atoms with Gasteiger partial charge in [-0.15, -0.1) is 0 Å². The molecule has 0 aliphatic rings. The van der Waals surface area contributed by atoms with E-state index in [4.69, 9.17) is 10.5 Å². The Labute approximate surface area is 234 Å². The fourth-order valence-electron chi connectivity index (χ4n) is 4.25. The minimum atomic E-state index is -0.994. The van der Waals surface area contributed by atoms with Crippen LogP contribution in [0.2, 0.25) is 0 Å². The molecule has 0 heterocycles. The van der Waals surface area contributed by atoms with Gasteiger partial charge in [-0.05, 0) is 41.6 Å². The van der Waals surface area contributed by atoms with E-state index in [9.17, 15) is 19.2 Å². The molecule has 0 bridgehead atoms. The summed E-state index contributed by atoms with van der Waals surface area (Å²) >= 11 is 0. The summed E-state index contributed by atoms with van der Waals surface area (Å²) in [6.45, 7) is 18.4. The maximum absolute atomic E-state index is 13.9. The second kappa shape index (κ2) is 14.4. The Hall–Kier alpha value is -2.94. The van der Waals surface area contributed by atoms with Crippen molar-refractivity contribution in [3.8, 4) is 0 Å². The number of amides is 3. The molecule has 0 aliphatic carbocycles. The van der Waals surface area contributed by atoms with Crippen LogP contribution in [-0.4, -0.2) is 54.5 Å². The topological polar surface area (TPSA) is 140 Å². The van der Waals surface area contributed by atoms with E-state index in [1.807, 2.05) is 92.6 Å². The predicted octanol–water partition coefficient (Wildman–Crippen LogP) is 2.96. The third kappa shape index (κ3) is 10.3. The number of nitrogens with two attached hydrogens (primary N) is 1. The third-order valence-electron chi connectivity index (χ3n) is 6.77. The van der Waals surface area contributed by atoms with Crippen LogP contribution in [-0.2, 0) is 30.3 Å². The van der Waals surface area contributed by atoms with Crippen molar-refractivity contribution in [1.82, 2.24) is 16.0 Å². The zero-order valence-electron chi connectivity index (χ0n) is 25.4. The standard InChI is InChI=1S/C30H50N4O5/c1-11-39-28(38)22(19(4)5)32-26(36)23(29(6,7)8)33-27(37)24(34-25(35)21(31)18(2)3)30(9,10)17-20-15-13-12-14-16-20/h12-16,18-19,21-24H,11,17,31H2,1-10H3,(H,32,36)(H,33,37)(H,34,35)/t21-,22-,23+,24+/m0/s1.